The third kappa shape index (κ3) is 5.30. The summed E-state index contributed by atoms with van der Waals surface area (Å²) in [5, 5.41) is 9.76. The van der Waals surface area contributed by atoms with Crippen molar-refractivity contribution in [3.63, 3.8) is 0 Å². The lowest BCUT2D eigenvalue weighted by molar-refractivity contribution is 0.0476. The van der Waals surface area contributed by atoms with Crippen molar-refractivity contribution in [3.05, 3.63) is 24.6 Å². The number of phosphoric acid groups is 3. The van der Waals surface area contributed by atoms with E-state index >= 15 is 0 Å². The van der Waals surface area contributed by atoms with Crippen LogP contribution in [0.15, 0.2) is 24.6 Å². The fourth-order valence-corrected chi connectivity index (χ4v) is 6.37. The molecule has 7 N–H and O–H groups in total. The number of aromatic nitrogens is 4. The zero-order chi connectivity index (χ0) is 23.9. The van der Waals surface area contributed by atoms with E-state index in [-0.39, 0.29) is 28.9 Å². The number of fused-ring (bicyclic) bond motifs is 1. The van der Waals surface area contributed by atoms with Crippen LogP contribution in [0.4, 0.5) is 10.2 Å². The second-order valence-corrected chi connectivity index (χ2v) is 10.9. The normalized spacial score (nSPS) is 26.6. The maximum atomic E-state index is 13.7. The van der Waals surface area contributed by atoms with Gasteiger partial charge in [-0.25, -0.2) is 33.0 Å². The maximum Gasteiger partial charge on any atom is 0.490 e. The molecule has 1 aliphatic carbocycles. The molecule has 178 valence electrons. The first-order valence-corrected chi connectivity index (χ1v) is 12.9. The number of nitrogens with zero attached hydrogens (tertiary/aromatic N) is 4. The van der Waals surface area contributed by atoms with E-state index in [0.717, 1.165) is 6.33 Å². The van der Waals surface area contributed by atoms with E-state index in [9.17, 15) is 33.0 Å². The molecule has 2 unspecified atom stereocenters. The molecule has 3 rings (SSSR count). The smallest absolute Gasteiger partial charge is 0.396 e. The summed E-state index contributed by atoms with van der Waals surface area (Å²) < 4.78 is 60.8. The number of aliphatic hydroxyl groups excluding tert-OH is 1. The highest BCUT2D eigenvalue weighted by molar-refractivity contribution is 7.66. The van der Waals surface area contributed by atoms with Crippen LogP contribution in [0.1, 0.15) is 6.04 Å². The van der Waals surface area contributed by atoms with Crippen LogP contribution >= 0.6 is 23.5 Å². The van der Waals surface area contributed by atoms with Crippen LogP contribution in [0.2, 0.25) is 0 Å². The van der Waals surface area contributed by atoms with Crippen LogP contribution < -0.4 is 5.73 Å². The average Bonchev–Trinajstić information content (AvgIpc) is 3.03. The first-order valence-electron chi connectivity index (χ1n) is 8.41. The quantitative estimate of drug-likeness (QED) is 0.245. The molecular weight excluding hydrogens is 502 g/mol. The van der Waals surface area contributed by atoms with Gasteiger partial charge in [-0.05, 0) is 5.57 Å². The molecule has 2 aromatic heterocycles. The van der Waals surface area contributed by atoms with Gasteiger partial charge in [0.05, 0.1) is 25.3 Å². The van der Waals surface area contributed by atoms with E-state index in [2.05, 4.69) is 28.1 Å². The molecule has 16 nitrogen and oxygen atoms in total. The van der Waals surface area contributed by atoms with Gasteiger partial charge in [0.2, 0.25) is 0 Å². The summed E-state index contributed by atoms with van der Waals surface area (Å²) in [5.41, 5.74) is 6.19. The van der Waals surface area contributed by atoms with E-state index in [1.807, 2.05) is 0 Å². The molecule has 0 spiro atoms. The molecule has 0 saturated heterocycles. The Morgan fingerprint density at radius 1 is 1.12 bits per heavy atom. The minimum atomic E-state index is -5.69. The highest BCUT2D eigenvalue weighted by Crippen LogP contribution is 2.66. The first kappa shape index (κ1) is 25.0. The lowest BCUT2D eigenvalue weighted by Crippen LogP contribution is -2.45. The first-order chi connectivity index (χ1) is 14.8. The Kier molecular flexibility index (Phi) is 7.01. The number of anilines is 1. The Hall–Kier alpha value is -1.61. The summed E-state index contributed by atoms with van der Waals surface area (Å²) in [6, 6.07) is -0.821. The summed E-state index contributed by atoms with van der Waals surface area (Å²) in [6.45, 7) is -1.31. The third-order valence-electron chi connectivity index (χ3n) is 4.55. The van der Waals surface area contributed by atoms with Crippen LogP contribution in [0, 0.1) is 11.8 Å². The summed E-state index contributed by atoms with van der Waals surface area (Å²) in [6.07, 6.45) is 2.65. The van der Waals surface area contributed by atoms with Gasteiger partial charge < -0.3 is 35.0 Å². The minimum Gasteiger partial charge on any atom is -0.396 e. The molecule has 0 radical (unpaired) electrons. The predicted molar refractivity (Wildman–Crippen MR) is 102 cm³/mol. The molecule has 0 aliphatic heterocycles. The Morgan fingerprint density at radius 3 is 2.41 bits per heavy atom. The van der Waals surface area contributed by atoms with Crippen molar-refractivity contribution in [2.24, 2.45) is 11.8 Å². The standard InChI is InChI=1S/C12H17FN5O11P3/c13-1-6-8(3-27-31(23,24)29-32(25,26)28-30(20,21)22)7(2-19)10(6)18-5-17-9-11(14)15-4-16-12(9)18/h1,4-5,7-8,10,19H,2-3H2,(H,23,24)(H,25,26)(H2,14,15,16)(H2,20,21,22)/b6-1+/t7-,8+,10-/m1/s1. The van der Waals surface area contributed by atoms with Gasteiger partial charge in [-0.1, -0.05) is 0 Å². The monoisotopic (exact) mass is 519 g/mol. The number of hydrogen-bond donors (Lipinski definition) is 6. The van der Waals surface area contributed by atoms with Gasteiger partial charge in [-0.2, -0.15) is 8.62 Å². The number of nitrogen functional groups attached to an aromatic ring is 1. The Balaban J connectivity index is 1.75. The zero-order valence-corrected chi connectivity index (χ0v) is 18.3. The maximum absolute atomic E-state index is 13.7. The van der Waals surface area contributed by atoms with Crippen molar-refractivity contribution >= 4 is 40.4 Å². The van der Waals surface area contributed by atoms with Gasteiger partial charge in [-0.3, -0.25) is 4.52 Å². The van der Waals surface area contributed by atoms with Crippen LogP contribution in [-0.2, 0) is 26.8 Å². The fourth-order valence-electron chi connectivity index (χ4n) is 3.33. The van der Waals surface area contributed by atoms with Gasteiger partial charge in [0.15, 0.2) is 11.5 Å². The molecule has 1 fully saturated rings. The number of nitrogens with two attached hydrogens (primary N) is 1. The summed E-state index contributed by atoms with van der Waals surface area (Å²) in [5.74, 6) is -1.70. The number of hydrogen-bond acceptors (Lipinski definition) is 11. The second kappa shape index (κ2) is 8.97. The van der Waals surface area contributed by atoms with Crippen LogP contribution in [-0.4, -0.2) is 57.4 Å². The highest BCUT2D eigenvalue weighted by atomic mass is 31.3. The van der Waals surface area contributed by atoms with Gasteiger partial charge in [0, 0.05) is 18.4 Å². The lowest BCUT2D eigenvalue weighted by Gasteiger charge is -2.46. The van der Waals surface area contributed by atoms with Crippen molar-refractivity contribution in [3.8, 4) is 0 Å². The Labute approximate surface area is 178 Å². The lowest BCUT2D eigenvalue weighted by atomic mass is 9.66. The number of imidazole rings is 1. The number of phosphoric ester groups is 1. The van der Waals surface area contributed by atoms with Crippen molar-refractivity contribution in [1.82, 2.24) is 19.5 Å². The zero-order valence-electron chi connectivity index (χ0n) is 15.6. The number of rotatable bonds is 9. The molecular formula is C12H17FN5O11P3. The molecule has 5 atom stereocenters. The van der Waals surface area contributed by atoms with Gasteiger partial charge in [0.1, 0.15) is 11.8 Å². The number of aliphatic hydroxyl groups is 1. The topological polar surface area (TPSA) is 250 Å². The largest absolute Gasteiger partial charge is 0.490 e. The summed E-state index contributed by atoms with van der Waals surface area (Å²) in [4.78, 5) is 47.7. The van der Waals surface area contributed by atoms with Crippen molar-refractivity contribution in [2.45, 2.75) is 6.04 Å². The number of halogens is 1. The van der Waals surface area contributed by atoms with Crippen LogP contribution in [0.25, 0.3) is 11.2 Å². The predicted octanol–water partition coefficient (Wildman–Crippen LogP) is 0.385. The van der Waals surface area contributed by atoms with E-state index in [0.29, 0.717) is 0 Å². The third-order valence-corrected chi connectivity index (χ3v) is 8.35. The Morgan fingerprint density at radius 2 is 1.81 bits per heavy atom. The minimum absolute atomic E-state index is 0.000757. The molecule has 32 heavy (non-hydrogen) atoms. The van der Waals surface area contributed by atoms with E-state index in [1.54, 1.807) is 0 Å². The molecule has 0 bridgehead atoms. The van der Waals surface area contributed by atoms with Gasteiger partial charge in [-0.15, -0.1) is 0 Å². The Bertz CT molecular complexity index is 1180. The molecule has 1 saturated carbocycles. The van der Waals surface area contributed by atoms with Crippen molar-refractivity contribution in [2.75, 3.05) is 18.9 Å². The second-order valence-electron chi connectivity index (χ2n) is 6.48. The average molecular weight is 519 g/mol. The van der Waals surface area contributed by atoms with Crippen LogP contribution in [0.5, 0.6) is 0 Å². The molecule has 1 aliphatic rings. The molecule has 2 heterocycles. The van der Waals surface area contributed by atoms with Crippen molar-refractivity contribution in [1.29, 1.82) is 0 Å². The summed E-state index contributed by atoms with van der Waals surface area (Å²) >= 11 is 0. The van der Waals surface area contributed by atoms with E-state index < -0.39 is 54.6 Å². The van der Waals surface area contributed by atoms with E-state index in [1.165, 1.54) is 10.9 Å². The molecule has 20 heteroatoms. The summed E-state index contributed by atoms with van der Waals surface area (Å²) in [7, 11) is -16.6. The highest BCUT2D eigenvalue weighted by Gasteiger charge is 2.49. The van der Waals surface area contributed by atoms with Gasteiger partial charge in [0.25, 0.3) is 0 Å². The molecule has 0 amide bonds. The fraction of sp³-hybridized carbons (Fsp3) is 0.417. The van der Waals surface area contributed by atoms with Gasteiger partial charge >= 0.3 is 23.5 Å². The molecule has 2 aromatic rings. The van der Waals surface area contributed by atoms with E-state index in [4.69, 9.17) is 15.5 Å². The van der Waals surface area contributed by atoms with Crippen molar-refractivity contribution < 1.29 is 55.9 Å². The van der Waals surface area contributed by atoms with Crippen LogP contribution in [0.3, 0.4) is 0 Å². The SMILES string of the molecule is Nc1ncnc2c1ncn2[C@@H]1/C(=C/F)[C@H](COP(=O)(O)OP(=O)(O)OP(=O)(O)O)[C@H]1CO. The molecule has 0 aromatic carbocycles.